The van der Waals surface area contributed by atoms with Crippen LogP contribution in [-0.2, 0) is 0 Å². The highest BCUT2D eigenvalue weighted by molar-refractivity contribution is 5.79. The fourth-order valence-electron chi connectivity index (χ4n) is 2.59. The highest BCUT2D eigenvalue weighted by Crippen LogP contribution is 2.16. The molecule has 0 aromatic carbocycles. The molecule has 6 nitrogen and oxygen atoms in total. The van der Waals surface area contributed by atoms with Crippen LogP contribution in [-0.4, -0.2) is 48.3 Å². The average Bonchev–Trinajstić information content (AvgIpc) is 2.71. The van der Waals surface area contributed by atoms with E-state index in [1.807, 2.05) is 7.05 Å². The molecule has 19 heavy (non-hydrogen) atoms. The SMILES string of the molecule is CNCC1CCCCN1CC(=O)n1oc(C)cc1=O. The molecule has 0 saturated carbocycles. The molecule has 1 saturated heterocycles. The lowest BCUT2D eigenvalue weighted by Gasteiger charge is -2.34. The van der Waals surface area contributed by atoms with Gasteiger partial charge in [0.15, 0.2) is 0 Å². The molecular formula is C13H21N3O3. The Kier molecular flexibility index (Phi) is 4.55. The smallest absolute Gasteiger partial charge is 0.290 e. The van der Waals surface area contributed by atoms with Gasteiger partial charge in [-0.25, -0.2) is 0 Å². The van der Waals surface area contributed by atoms with E-state index < -0.39 is 0 Å². The molecule has 1 aliphatic rings. The predicted octanol–water partition coefficient (Wildman–Crippen LogP) is 0.464. The van der Waals surface area contributed by atoms with Crippen molar-refractivity contribution >= 4 is 5.91 Å². The van der Waals surface area contributed by atoms with E-state index in [0.717, 1.165) is 30.7 Å². The monoisotopic (exact) mass is 267 g/mol. The molecule has 1 aromatic rings. The van der Waals surface area contributed by atoms with Gasteiger partial charge in [-0.1, -0.05) is 6.42 Å². The fourth-order valence-corrected chi connectivity index (χ4v) is 2.59. The summed E-state index contributed by atoms with van der Waals surface area (Å²) in [4.78, 5) is 25.8. The van der Waals surface area contributed by atoms with Gasteiger partial charge in [-0.3, -0.25) is 14.5 Å². The number of piperidine rings is 1. The number of hydrogen-bond donors (Lipinski definition) is 1. The van der Waals surface area contributed by atoms with E-state index in [1.165, 1.54) is 12.5 Å². The first-order valence-corrected chi connectivity index (χ1v) is 6.73. The number of hydrogen-bond acceptors (Lipinski definition) is 5. The van der Waals surface area contributed by atoms with Crippen LogP contribution in [0.25, 0.3) is 0 Å². The van der Waals surface area contributed by atoms with Gasteiger partial charge in [-0.15, -0.1) is 4.74 Å². The molecule has 0 radical (unpaired) electrons. The standard InChI is InChI=1S/C13H21N3O3/c1-10-7-12(17)16(19-10)13(18)9-15-6-4-3-5-11(15)8-14-2/h7,11,14H,3-6,8-9H2,1-2H3. The van der Waals surface area contributed by atoms with Gasteiger partial charge in [0.05, 0.1) is 6.54 Å². The van der Waals surface area contributed by atoms with Crippen LogP contribution in [0.3, 0.4) is 0 Å². The molecule has 0 amide bonds. The molecule has 106 valence electrons. The summed E-state index contributed by atoms with van der Waals surface area (Å²) in [7, 11) is 1.91. The normalized spacial score (nSPS) is 20.6. The molecule has 1 fully saturated rings. The van der Waals surface area contributed by atoms with E-state index in [0.29, 0.717) is 11.8 Å². The number of carbonyl (C=O) groups excluding carboxylic acids is 1. The minimum atomic E-state index is -0.385. The molecule has 1 unspecified atom stereocenters. The molecule has 0 aliphatic carbocycles. The Morgan fingerprint density at radius 3 is 2.95 bits per heavy atom. The minimum Gasteiger partial charge on any atom is -0.373 e. The van der Waals surface area contributed by atoms with Gasteiger partial charge in [-0.2, -0.15) is 0 Å². The number of likely N-dealkylation sites (N-methyl/N-ethyl adjacent to an activating group) is 1. The lowest BCUT2D eigenvalue weighted by molar-refractivity contribution is 0.0637. The summed E-state index contributed by atoms with van der Waals surface area (Å²) in [6, 6.07) is 1.69. The van der Waals surface area contributed by atoms with Crippen molar-refractivity contribution in [2.24, 2.45) is 0 Å². The maximum Gasteiger partial charge on any atom is 0.290 e. The van der Waals surface area contributed by atoms with Crippen molar-refractivity contribution in [3.05, 3.63) is 22.2 Å². The highest BCUT2D eigenvalue weighted by Gasteiger charge is 2.25. The molecule has 1 aromatic heterocycles. The van der Waals surface area contributed by atoms with Gasteiger partial charge < -0.3 is 9.84 Å². The fraction of sp³-hybridized carbons (Fsp3) is 0.692. The van der Waals surface area contributed by atoms with Crippen LogP contribution in [0, 0.1) is 6.92 Å². The van der Waals surface area contributed by atoms with Crippen molar-refractivity contribution in [2.75, 3.05) is 26.7 Å². The Hall–Kier alpha value is -1.40. The van der Waals surface area contributed by atoms with Crippen molar-refractivity contribution in [3.63, 3.8) is 0 Å². The summed E-state index contributed by atoms with van der Waals surface area (Å²) in [6.07, 6.45) is 3.37. The number of aromatic nitrogens is 1. The first-order valence-electron chi connectivity index (χ1n) is 6.73. The second-order valence-electron chi connectivity index (χ2n) is 5.05. The van der Waals surface area contributed by atoms with Gasteiger partial charge in [0, 0.05) is 18.7 Å². The number of carbonyl (C=O) groups is 1. The largest absolute Gasteiger partial charge is 0.373 e. The lowest BCUT2D eigenvalue weighted by atomic mass is 10.0. The van der Waals surface area contributed by atoms with Crippen molar-refractivity contribution in [1.82, 2.24) is 15.0 Å². The first-order chi connectivity index (χ1) is 9.11. The molecule has 2 heterocycles. The van der Waals surface area contributed by atoms with Gasteiger partial charge in [0.25, 0.3) is 11.5 Å². The summed E-state index contributed by atoms with van der Waals surface area (Å²) in [5.41, 5.74) is -0.385. The van der Waals surface area contributed by atoms with Crippen molar-refractivity contribution in [3.8, 4) is 0 Å². The van der Waals surface area contributed by atoms with Gasteiger partial charge in [0.2, 0.25) is 0 Å². The van der Waals surface area contributed by atoms with Gasteiger partial charge in [-0.05, 0) is 33.4 Å². The van der Waals surface area contributed by atoms with Crippen molar-refractivity contribution in [2.45, 2.75) is 32.2 Å². The van der Waals surface area contributed by atoms with Crippen LogP contribution in [0.15, 0.2) is 15.4 Å². The zero-order valence-corrected chi connectivity index (χ0v) is 11.5. The highest BCUT2D eigenvalue weighted by atomic mass is 16.5. The van der Waals surface area contributed by atoms with E-state index in [-0.39, 0.29) is 18.0 Å². The quantitative estimate of drug-likeness (QED) is 0.858. The van der Waals surface area contributed by atoms with E-state index in [9.17, 15) is 9.59 Å². The number of rotatable bonds is 4. The number of likely N-dealkylation sites (tertiary alicyclic amines) is 1. The van der Waals surface area contributed by atoms with Gasteiger partial charge in [0.1, 0.15) is 5.76 Å². The molecule has 1 N–H and O–H groups in total. The molecule has 0 spiro atoms. The van der Waals surface area contributed by atoms with E-state index >= 15 is 0 Å². The van der Waals surface area contributed by atoms with Crippen LogP contribution in [0.1, 0.15) is 29.8 Å². The Labute approximate surface area is 112 Å². The first kappa shape index (κ1) is 14.0. The Bertz CT molecular complexity index is 490. The molecule has 0 bridgehead atoms. The molecule has 6 heteroatoms. The maximum atomic E-state index is 12.1. The zero-order chi connectivity index (χ0) is 13.8. The predicted molar refractivity (Wildman–Crippen MR) is 71.5 cm³/mol. The Morgan fingerprint density at radius 1 is 1.53 bits per heavy atom. The third-order valence-corrected chi connectivity index (χ3v) is 3.52. The molecule has 2 rings (SSSR count). The Morgan fingerprint density at radius 2 is 2.32 bits per heavy atom. The zero-order valence-electron chi connectivity index (χ0n) is 11.5. The van der Waals surface area contributed by atoms with Gasteiger partial charge >= 0.3 is 0 Å². The summed E-state index contributed by atoms with van der Waals surface area (Å²) >= 11 is 0. The molecule has 1 atom stereocenters. The maximum absolute atomic E-state index is 12.1. The van der Waals surface area contributed by atoms with E-state index in [4.69, 9.17) is 4.52 Å². The van der Waals surface area contributed by atoms with Crippen LogP contribution < -0.4 is 10.9 Å². The van der Waals surface area contributed by atoms with E-state index in [1.54, 1.807) is 6.92 Å². The Balaban J connectivity index is 2.04. The second kappa shape index (κ2) is 6.16. The van der Waals surface area contributed by atoms with Crippen molar-refractivity contribution < 1.29 is 9.32 Å². The number of nitrogens with zero attached hydrogens (tertiary/aromatic N) is 2. The van der Waals surface area contributed by atoms with Crippen LogP contribution >= 0.6 is 0 Å². The molecular weight excluding hydrogens is 246 g/mol. The summed E-state index contributed by atoms with van der Waals surface area (Å²) in [6.45, 7) is 3.65. The number of nitrogens with one attached hydrogen (secondary N) is 1. The third kappa shape index (κ3) is 3.33. The lowest BCUT2D eigenvalue weighted by Crippen LogP contribution is -2.48. The van der Waals surface area contributed by atoms with Crippen LogP contribution in [0.5, 0.6) is 0 Å². The second-order valence-corrected chi connectivity index (χ2v) is 5.05. The van der Waals surface area contributed by atoms with E-state index in [2.05, 4.69) is 10.2 Å². The average molecular weight is 267 g/mol. The number of aryl methyl sites for hydroxylation is 1. The van der Waals surface area contributed by atoms with Crippen LogP contribution in [0.2, 0.25) is 0 Å². The van der Waals surface area contributed by atoms with Crippen LogP contribution in [0.4, 0.5) is 0 Å². The minimum absolute atomic E-state index is 0.235. The van der Waals surface area contributed by atoms with Crippen molar-refractivity contribution in [1.29, 1.82) is 0 Å². The summed E-state index contributed by atoms with van der Waals surface area (Å²) < 4.78 is 5.99. The summed E-state index contributed by atoms with van der Waals surface area (Å²) in [5.74, 6) is 0.171. The molecule has 1 aliphatic heterocycles. The third-order valence-electron chi connectivity index (χ3n) is 3.52. The summed E-state index contributed by atoms with van der Waals surface area (Å²) in [5, 5.41) is 3.15. The topological polar surface area (TPSA) is 67.5 Å².